The molecule has 102 valence electrons. The normalized spacial score (nSPS) is 12.8. The van der Waals surface area contributed by atoms with Gasteiger partial charge in [-0.3, -0.25) is 0 Å². The molecule has 0 aliphatic heterocycles. The summed E-state index contributed by atoms with van der Waals surface area (Å²) in [6.07, 6.45) is 0. The van der Waals surface area contributed by atoms with E-state index in [0.717, 1.165) is 6.54 Å². The largest absolute Gasteiger partial charge is 0.368 e. The van der Waals surface area contributed by atoms with Crippen LogP contribution in [0.5, 0.6) is 0 Å². The first-order chi connectivity index (χ1) is 8.42. The smallest absolute Gasteiger partial charge is 0.223 e. The van der Waals surface area contributed by atoms with Gasteiger partial charge in [0.25, 0.3) is 0 Å². The van der Waals surface area contributed by atoms with E-state index >= 15 is 0 Å². The van der Waals surface area contributed by atoms with Crippen molar-refractivity contribution in [1.29, 1.82) is 0 Å². The van der Waals surface area contributed by atoms with Crippen LogP contribution in [0.1, 0.15) is 13.8 Å². The number of likely N-dealkylation sites (N-methyl/N-ethyl adjacent to an activating group) is 1. The number of hydrogen-bond acceptors (Lipinski definition) is 7. The molecule has 7 nitrogen and oxygen atoms in total. The Morgan fingerprint density at radius 1 is 1.28 bits per heavy atom. The molecule has 1 aromatic heterocycles. The molecule has 18 heavy (non-hydrogen) atoms. The second-order valence-corrected chi connectivity index (χ2v) is 4.90. The number of hydrogen-bond donors (Lipinski definition) is 4. The third-order valence-electron chi connectivity index (χ3n) is 2.59. The third-order valence-corrected chi connectivity index (χ3v) is 2.59. The molecule has 0 spiro atoms. The average molecular weight is 253 g/mol. The van der Waals surface area contributed by atoms with E-state index < -0.39 is 0 Å². The highest BCUT2D eigenvalue weighted by atomic mass is 15.3. The molecule has 0 aliphatic rings. The van der Waals surface area contributed by atoms with Gasteiger partial charge in [-0.2, -0.15) is 9.97 Å². The third kappa shape index (κ3) is 4.34. The summed E-state index contributed by atoms with van der Waals surface area (Å²) < 4.78 is 0. The summed E-state index contributed by atoms with van der Waals surface area (Å²) in [5.41, 5.74) is 8.09. The molecule has 0 saturated carbocycles. The zero-order valence-electron chi connectivity index (χ0n) is 11.4. The topological polar surface area (TPSA) is 105 Å². The summed E-state index contributed by atoms with van der Waals surface area (Å²) in [5, 5.41) is 3.36. The molecule has 0 aliphatic carbocycles. The fourth-order valence-corrected chi connectivity index (χ4v) is 1.62. The van der Waals surface area contributed by atoms with Crippen LogP contribution in [0.15, 0.2) is 6.07 Å². The Kier molecular flexibility index (Phi) is 5.11. The maximum atomic E-state index is 5.62. The van der Waals surface area contributed by atoms with Crippen molar-refractivity contribution < 1.29 is 0 Å². The van der Waals surface area contributed by atoms with Crippen LogP contribution in [0.25, 0.3) is 0 Å². The molecule has 0 radical (unpaired) electrons. The highest BCUT2D eigenvalue weighted by Crippen LogP contribution is 2.15. The predicted molar refractivity (Wildman–Crippen MR) is 75.1 cm³/mol. The number of nitrogens with zero attached hydrogens (tertiary/aromatic N) is 3. The highest BCUT2D eigenvalue weighted by molar-refractivity contribution is 5.50. The first kappa shape index (κ1) is 14.5. The Morgan fingerprint density at radius 2 is 1.89 bits per heavy atom. The number of aromatic nitrogens is 2. The summed E-state index contributed by atoms with van der Waals surface area (Å²) >= 11 is 0. The number of nitrogens with one attached hydrogen (secondary N) is 2. The maximum Gasteiger partial charge on any atom is 0.223 e. The summed E-state index contributed by atoms with van der Waals surface area (Å²) in [5.74, 6) is 7.17. The van der Waals surface area contributed by atoms with Crippen molar-refractivity contribution in [1.82, 2.24) is 14.9 Å². The molecule has 1 rings (SSSR count). The van der Waals surface area contributed by atoms with Crippen molar-refractivity contribution in [3.63, 3.8) is 0 Å². The van der Waals surface area contributed by atoms with Crippen molar-refractivity contribution in [2.45, 2.75) is 19.9 Å². The van der Waals surface area contributed by atoms with Crippen LogP contribution in [0.3, 0.4) is 0 Å². The first-order valence-corrected chi connectivity index (χ1v) is 5.94. The molecule has 0 saturated heterocycles. The highest BCUT2D eigenvalue weighted by Gasteiger charge is 2.15. The molecule has 6 N–H and O–H groups in total. The molecule has 1 atom stereocenters. The average Bonchev–Trinajstić information content (AvgIpc) is 2.26. The fourth-order valence-electron chi connectivity index (χ4n) is 1.62. The minimum Gasteiger partial charge on any atom is -0.368 e. The summed E-state index contributed by atoms with van der Waals surface area (Å²) in [7, 11) is 4.08. The van der Waals surface area contributed by atoms with Gasteiger partial charge in [0.15, 0.2) is 0 Å². The molecular weight excluding hydrogens is 230 g/mol. The Labute approximate surface area is 108 Å². The van der Waals surface area contributed by atoms with E-state index in [1.807, 2.05) is 14.1 Å². The van der Waals surface area contributed by atoms with Gasteiger partial charge in [-0.15, -0.1) is 0 Å². The minimum atomic E-state index is 0.195. The van der Waals surface area contributed by atoms with E-state index in [2.05, 4.69) is 39.5 Å². The fraction of sp³-hybridized carbons (Fsp3) is 0.636. The van der Waals surface area contributed by atoms with Crippen LogP contribution in [-0.2, 0) is 0 Å². The lowest BCUT2D eigenvalue weighted by Crippen LogP contribution is -2.36. The monoisotopic (exact) mass is 253 g/mol. The number of nitrogen functional groups attached to an aromatic ring is 2. The Balaban J connectivity index is 2.82. The van der Waals surface area contributed by atoms with E-state index in [1.54, 1.807) is 6.07 Å². The number of hydrazine groups is 1. The predicted octanol–water partition coefficient (Wildman–Crippen LogP) is 0.343. The van der Waals surface area contributed by atoms with Crippen LogP contribution in [-0.4, -0.2) is 41.5 Å². The second kappa shape index (κ2) is 6.36. The number of rotatable bonds is 6. The molecule has 1 unspecified atom stereocenters. The lowest BCUT2D eigenvalue weighted by Gasteiger charge is -2.26. The van der Waals surface area contributed by atoms with Gasteiger partial charge in [-0.1, -0.05) is 13.8 Å². The quantitative estimate of drug-likeness (QED) is 0.428. The van der Waals surface area contributed by atoms with Crippen LogP contribution in [0.4, 0.5) is 17.6 Å². The van der Waals surface area contributed by atoms with Gasteiger partial charge in [-0.25, -0.2) is 5.84 Å². The number of anilines is 3. The lowest BCUT2D eigenvalue weighted by molar-refractivity contribution is 0.344. The van der Waals surface area contributed by atoms with Gasteiger partial charge >= 0.3 is 0 Å². The van der Waals surface area contributed by atoms with Crippen molar-refractivity contribution in [2.24, 2.45) is 11.8 Å². The lowest BCUT2D eigenvalue weighted by atomic mass is 10.0. The molecule has 0 bridgehead atoms. The molecule has 0 aromatic carbocycles. The molecule has 0 fully saturated rings. The van der Waals surface area contributed by atoms with Gasteiger partial charge in [0, 0.05) is 18.7 Å². The van der Waals surface area contributed by atoms with Gasteiger partial charge in [0.2, 0.25) is 5.95 Å². The molecule has 1 heterocycles. The van der Waals surface area contributed by atoms with Gasteiger partial charge in [0.05, 0.1) is 0 Å². The maximum absolute atomic E-state index is 5.62. The van der Waals surface area contributed by atoms with Crippen LogP contribution in [0.2, 0.25) is 0 Å². The SMILES string of the molecule is CC(C)C(CN(C)C)Nc1cc(NN)nc(N)n1. The Hall–Kier alpha value is -1.60. The van der Waals surface area contributed by atoms with E-state index in [-0.39, 0.29) is 12.0 Å². The summed E-state index contributed by atoms with van der Waals surface area (Å²) in [4.78, 5) is 10.2. The van der Waals surface area contributed by atoms with E-state index in [4.69, 9.17) is 11.6 Å². The van der Waals surface area contributed by atoms with Crippen LogP contribution >= 0.6 is 0 Å². The molecule has 1 aromatic rings. The van der Waals surface area contributed by atoms with E-state index in [9.17, 15) is 0 Å². The standard InChI is InChI=1S/C11H23N7/c1-7(2)8(6-18(3)4)14-9-5-10(17-13)16-11(12)15-9/h5,7-8H,6,13H2,1-4H3,(H4,12,14,15,16,17). The summed E-state index contributed by atoms with van der Waals surface area (Å²) in [6.45, 7) is 5.23. The minimum absolute atomic E-state index is 0.195. The first-order valence-electron chi connectivity index (χ1n) is 5.94. The molecule has 7 heteroatoms. The van der Waals surface area contributed by atoms with Crippen LogP contribution < -0.4 is 22.3 Å². The van der Waals surface area contributed by atoms with Crippen molar-refractivity contribution in [3.8, 4) is 0 Å². The molecular formula is C11H23N7. The zero-order valence-corrected chi connectivity index (χ0v) is 11.4. The van der Waals surface area contributed by atoms with E-state index in [0.29, 0.717) is 17.6 Å². The Morgan fingerprint density at radius 3 is 2.39 bits per heavy atom. The number of nitrogens with two attached hydrogens (primary N) is 2. The second-order valence-electron chi connectivity index (χ2n) is 4.90. The van der Waals surface area contributed by atoms with Crippen molar-refractivity contribution >= 4 is 17.6 Å². The Bertz CT molecular complexity index is 378. The van der Waals surface area contributed by atoms with E-state index in [1.165, 1.54) is 0 Å². The van der Waals surface area contributed by atoms with Gasteiger partial charge in [-0.05, 0) is 20.0 Å². The zero-order chi connectivity index (χ0) is 13.7. The van der Waals surface area contributed by atoms with Crippen LogP contribution in [0, 0.1) is 5.92 Å². The molecule has 0 amide bonds. The van der Waals surface area contributed by atoms with Crippen molar-refractivity contribution in [3.05, 3.63) is 6.07 Å². The van der Waals surface area contributed by atoms with Gasteiger partial charge in [0.1, 0.15) is 11.6 Å². The van der Waals surface area contributed by atoms with Crippen molar-refractivity contribution in [2.75, 3.05) is 37.1 Å². The van der Waals surface area contributed by atoms with Gasteiger partial charge < -0.3 is 21.4 Å². The summed E-state index contributed by atoms with van der Waals surface area (Å²) in [6, 6.07) is 2.02.